The maximum atomic E-state index is 12.3. The first-order valence-electron chi connectivity index (χ1n) is 7.28. The fraction of sp³-hybridized carbons (Fsp3) is 0.714. The maximum absolute atomic E-state index is 12.3. The molecule has 2 fully saturated rings. The molecule has 1 aromatic heterocycles. The fourth-order valence-electron chi connectivity index (χ4n) is 3.24. The molecule has 0 radical (unpaired) electrons. The largest absolute Gasteiger partial charge is 0.317 e. The molecule has 0 aromatic carbocycles. The van der Waals surface area contributed by atoms with Crippen LogP contribution in [0.5, 0.6) is 0 Å². The second-order valence-corrected chi connectivity index (χ2v) is 5.80. The highest BCUT2D eigenvalue weighted by Crippen LogP contribution is 2.58. The molecular formula is C14H22N4O. The fourth-order valence-corrected chi connectivity index (χ4v) is 3.24. The lowest BCUT2D eigenvalue weighted by atomic mass is 9.92. The van der Waals surface area contributed by atoms with Gasteiger partial charge < -0.3 is 10.6 Å². The summed E-state index contributed by atoms with van der Waals surface area (Å²) < 4.78 is 1.87. The van der Waals surface area contributed by atoms with Crippen molar-refractivity contribution in [1.82, 2.24) is 15.1 Å². The zero-order valence-corrected chi connectivity index (χ0v) is 11.5. The molecule has 2 aliphatic rings. The summed E-state index contributed by atoms with van der Waals surface area (Å²) in [5, 5.41) is 10.7. The lowest BCUT2D eigenvalue weighted by Gasteiger charge is -2.23. The summed E-state index contributed by atoms with van der Waals surface area (Å²) in [6.45, 7) is 5.07. The van der Waals surface area contributed by atoms with Crippen molar-refractivity contribution in [3.8, 4) is 0 Å². The highest BCUT2D eigenvalue weighted by atomic mass is 16.2. The summed E-state index contributed by atoms with van der Waals surface area (Å²) in [4.78, 5) is 12.3. The van der Waals surface area contributed by atoms with Gasteiger partial charge >= 0.3 is 0 Å². The van der Waals surface area contributed by atoms with E-state index < -0.39 is 0 Å². The zero-order valence-electron chi connectivity index (χ0n) is 11.5. The summed E-state index contributed by atoms with van der Waals surface area (Å²) in [6.07, 6.45) is 6.10. The van der Waals surface area contributed by atoms with Crippen molar-refractivity contribution < 1.29 is 4.79 Å². The first-order chi connectivity index (χ1) is 9.25. The minimum Gasteiger partial charge on any atom is -0.317 e. The maximum Gasteiger partial charge on any atom is 0.229 e. The van der Waals surface area contributed by atoms with Gasteiger partial charge in [0.1, 0.15) is 5.82 Å². The molecule has 3 rings (SSSR count). The van der Waals surface area contributed by atoms with Crippen molar-refractivity contribution in [3.63, 3.8) is 0 Å². The van der Waals surface area contributed by atoms with Crippen LogP contribution in [0, 0.1) is 11.3 Å². The third kappa shape index (κ3) is 2.39. The number of nitrogens with one attached hydrogen (secondary N) is 2. The molecule has 19 heavy (non-hydrogen) atoms. The third-order valence-corrected chi connectivity index (χ3v) is 4.51. The van der Waals surface area contributed by atoms with Crippen LogP contribution >= 0.6 is 0 Å². The molecule has 1 aromatic rings. The molecule has 0 bridgehead atoms. The first-order valence-corrected chi connectivity index (χ1v) is 7.28. The van der Waals surface area contributed by atoms with Crippen molar-refractivity contribution in [2.75, 3.05) is 18.4 Å². The normalized spacial score (nSPS) is 24.4. The molecule has 2 heterocycles. The number of aryl methyl sites for hydroxylation is 1. The Hall–Kier alpha value is -1.36. The van der Waals surface area contributed by atoms with E-state index in [-0.39, 0.29) is 11.8 Å². The molecule has 1 aliphatic heterocycles. The summed E-state index contributed by atoms with van der Waals surface area (Å²) in [7, 11) is 0. The smallest absolute Gasteiger partial charge is 0.229 e. The van der Waals surface area contributed by atoms with E-state index in [0.717, 1.165) is 51.1 Å². The van der Waals surface area contributed by atoms with Gasteiger partial charge in [-0.15, -0.1) is 0 Å². The molecule has 1 saturated carbocycles. The van der Waals surface area contributed by atoms with Crippen molar-refractivity contribution in [1.29, 1.82) is 0 Å². The van der Waals surface area contributed by atoms with Gasteiger partial charge in [-0.25, -0.2) is 4.68 Å². The molecule has 1 atom stereocenters. The van der Waals surface area contributed by atoms with Gasteiger partial charge in [-0.05, 0) is 44.2 Å². The van der Waals surface area contributed by atoms with Gasteiger partial charge in [0.2, 0.25) is 5.91 Å². The van der Waals surface area contributed by atoms with Crippen molar-refractivity contribution in [2.24, 2.45) is 11.3 Å². The summed E-state index contributed by atoms with van der Waals surface area (Å²) >= 11 is 0. The average Bonchev–Trinajstić information content (AvgIpc) is 2.92. The van der Waals surface area contributed by atoms with E-state index in [4.69, 9.17) is 0 Å². The van der Waals surface area contributed by atoms with Gasteiger partial charge in [-0.3, -0.25) is 4.79 Å². The number of amides is 1. The predicted octanol–water partition coefficient (Wildman–Crippen LogP) is 1.62. The third-order valence-electron chi connectivity index (χ3n) is 4.51. The number of piperidine rings is 1. The Labute approximate surface area is 113 Å². The van der Waals surface area contributed by atoms with Crippen molar-refractivity contribution in [3.05, 3.63) is 12.3 Å². The number of carbonyl (C=O) groups is 1. The molecule has 2 N–H and O–H groups in total. The van der Waals surface area contributed by atoms with E-state index in [1.807, 2.05) is 10.7 Å². The van der Waals surface area contributed by atoms with Crippen LogP contribution in [0.2, 0.25) is 0 Å². The highest BCUT2D eigenvalue weighted by Gasteiger charge is 2.57. The van der Waals surface area contributed by atoms with E-state index in [9.17, 15) is 4.79 Å². The van der Waals surface area contributed by atoms with Crippen LogP contribution in [0.15, 0.2) is 12.3 Å². The highest BCUT2D eigenvalue weighted by molar-refractivity contribution is 5.94. The molecule has 1 amide bonds. The SMILES string of the molecule is CCCn1nccc1NC(=O)C1CC12CCNCC2. The van der Waals surface area contributed by atoms with Crippen LogP contribution in [0.3, 0.4) is 0 Å². The molecule has 1 saturated heterocycles. The number of hydrogen-bond acceptors (Lipinski definition) is 3. The summed E-state index contributed by atoms with van der Waals surface area (Å²) in [5.74, 6) is 1.22. The van der Waals surface area contributed by atoms with Gasteiger partial charge in [0, 0.05) is 18.5 Å². The second kappa shape index (κ2) is 4.96. The second-order valence-electron chi connectivity index (χ2n) is 5.80. The van der Waals surface area contributed by atoms with E-state index in [2.05, 4.69) is 22.7 Å². The number of hydrogen-bond donors (Lipinski definition) is 2. The minimum atomic E-state index is 0.180. The molecule has 5 heteroatoms. The van der Waals surface area contributed by atoms with Crippen LogP contribution < -0.4 is 10.6 Å². The molecular weight excluding hydrogens is 240 g/mol. The van der Waals surface area contributed by atoms with Gasteiger partial charge in [0.05, 0.1) is 6.20 Å². The Morgan fingerprint density at radius 3 is 3.11 bits per heavy atom. The number of nitrogens with zero attached hydrogens (tertiary/aromatic N) is 2. The predicted molar refractivity (Wildman–Crippen MR) is 73.8 cm³/mol. The summed E-state index contributed by atoms with van der Waals surface area (Å²) in [5.41, 5.74) is 0.297. The van der Waals surface area contributed by atoms with E-state index in [0.29, 0.717) is 5.41 Å². The molecule has 1 unspecified atom stereocenters. The van der Waals surface area contributed by atoms with Gasteiger partial charge in [0.15, 0.2) is 0 Å². The molecule has 5 nitrogen and oxygen atoms in total. The quantitative estimate of drug-likeness (QED) is 0.867. The Balaban J connectivity index is 1.61. The number of carbonyl (C=O) groups excluding carboxylic acids is 1. The molecule has 104 valence electrons. The average molecular weight is 262 g/mol. The summed E-state index contributed by atoms with van der Waals surface area (Å²) in [6, 6.07) is 1.88. The van der Waals surface area contributed by atoms with E-state index >= 15 is 0 Å². The number of rotatable bonds is 4. The first kappa shape index (κ1) is 12.7. The Kier molecular flexibility index (Phi) is 3.31. The van der Waals surface area contributed by atoms with Gasteiger partial charge in [-0.1, -0.05) is 6.92 Å². The van der Waals surface area contributed by atoms with Crippen LogP contribution in [-0.2, 0) is 11.3 Å². The lowest BCUT2D eigenvalue weighted by molar-refractivity contribution is -0.118. The van der Waals surface area contributed by atoms with Crippen molar-refractivity contribution >= 4 is 11.7 Å². The Morgan fingerprint density at radius 2 is 2.37 bits per heavy atom. The number of aromatic nitrogens is 2. The van der Waals surface area contributed by atoms with Crippen LogP contribution in [0.25, 0.3) is 0 Å². The number of anilines is 1. The molecule has 1 aliphatic carbocycles. The monoisotopic (exact) mass is 262 g/mol. The van der Waals surface area contributed by atoms with E-state index in [1.54, 1.807) is 6.20 Å². The van der Waals surface area contributed by atoms with Gasteiger partial charge in [-0.2, -0.15) is 5.10 Å². The van der Waals surface area contributed by atoms with Crippen LogP contribution in [0.4, 0.5) is 5.82 Å². The van der Waals surface area contributed by atoms with E-state index in [1.165, 1.54) is 0 Å². The van der Waals surface area contributed by atoms with Crippen molar-refractivity contribution in [2.45, 2.75) is 39.2 Å². The zero-order chi connectivity index (χ0) is 13.3. The lowest BCUT2D eigenvalue weighted by Crippen LogP contribution is -2.31. The van der Waals surface area contributed by atoms with Crippen LogP contribution in [-0.4, -0.2) is 28.8 Å². The van der Waals surface area contributed by atoms with Crippen LogP contribution in [0.1, 0.15) is 32.6 Å². The molecule has 1 spiro atoms. The van der Waals surface area contributed by atoms with Gasteiger partial charge in [0.25, 0.3) is 0 Å². The Bertz CT molecular complexity index is 462. The topological polar surface area (TPSA) is 59.0 Å². The minimum absolute atomic E-state index is 0.180. The standard InChI is InChI=1S/C14H22N4O/c1-2-9-18-12(3-6-16-18)17-13(19)11-10-14(11)4-7-15-8-5-14/h3,6,11,15H,2,4-5,7-10H2,1H3,(H,17,19). The Morgan fingerprint density at radius 1 is 1.58 bits per heavy atom.